The van der Waals surface area contributed by atoms with Crippen LogP contribution in [0, 0.1) is 5.82 Å². The van der Waals surface area contributed by atoms with Gasteiger partial charge in [-0.2, -0.15) is 0 Å². The number of aryl methyl sites for hydroxylation is 1. The molecule has 0 aliphatic carbocycles. The first-order valence-corrected chi connectivity index (χ1v) is 7.92. The van der Waals surface area contributed by atoms with E-state index in [2.05, 4.69) is 4.98 Å². The zero-order chi connectivity index (χ0) is 16.4. The first-order valence-electron chi connectivity index (χ1n) is 7.92. The van der Waals surface area contributed by atoms with Crippen LogP contribution in [0.25, 0.3) is 0 Å². The molecule has 4 heteroatoms. The van der Waals surface area contributed by atoms with Crippen molar-refractivity contribution in [2.75, 3.05) is 0 Å². The van der Waals surface area contributed by atoms with Gasteiger partial charge in [0.25, 0.3) is 0 Å². The predicted molar refractivity (Wildman–Crippen MR) is 88.8 cm³/mol. The number of ether oxygens (including phenoxy) is 2. The summed E-state index contributed by atoms with van der Waals surface area (Å²) in [4.78, 5) is 4.16. The average Bonchev–Trinajstić information content (AvgIpc) is 2.62. The summed E-state index contributed by atoms with van der Waals surface area (Å²) in [6.07, 6.45) is 3.25. The lowest BCUT2D eigenvalue weighted by Crippen LogP contribution is -2.15. The maximum Gasteiger partial charge on any atom is 0.219 e. The summed E-state index contributed by atoms with van der Waals surface area (Å²) in [7, 11) is 0. The topological polar surface area (TPSA) is 31.4 Å². The Hall–Kier alpha value is -2.88. The molecule has 2 heterocycles. The largest absolute Gasteiger partial charge is 0.485 e. The molecule has 24 heavy (non-hydrogen) atoms. The Morgan fingerprint density at radius 3 is 2.83 bits per heavy atom. The van der Waals surface area contributed by atoms with Crippen LogP contribution in [0.3, 0.4) is 0 Å². The molecule has 3 nitrogen and oxygen atoms in total. The normalized spacial score (nSPS) is 16.1. The van der Waals surface area contributed by atoms with Crippen molar-refractivity contribution in [3.05, 3.63) is 83.8 Å². The van der Waals surface area contributed by atoms with Gasteiger partial charge in [0.05, 0.1) is 0 Å². The molecule has 0 saturated heterocycles. The number of fused-ring (bicyclic) bond motifs is 1. The monoisotopic (exact) mass is 321 g/mol. The van der Waals surface area contributed by atoms with E-state index in [4.69, 9.17) is 9.47 Å². The van der Waals surface area contributed by atoms with Crippen LogP contribution in [0.15, 0.2) is 66.9 Å². The highest BCUT2D eigenvalue weighted by Crippen LogP contribution is 2.37. The summed E-state index contributed by atoms with van der Waals surface area (Å²) in [6, 6.07) is 17.9. The minimum absolute atomic E-state index is 0.115. The Morgan fingerprint density at radius 1 is 1.04 bits per heavy atom. The Morgan fingerprint density at radius 2 is 2.00 bits per heavy atom. The summed E-state index contributed by atoms with van der Waals surface area (Å²) in [5.41, 5.74) is 1.96. The molecule has 3 aromatic rings. The Balaban J connectivity index is 1.53. The number of benzene rings is 2. The lowest BCUT2D eigenvalue weighted by Gasteiger charge is -2.26. The summed E-state index contributed by atoms with van der Waals surface area (Å²) >= 11 is 0. The van der Waals surface area contributed by atoms with Crippen molar-refractivity contribution in [2.45, 2.75) is 18.9 Å². The van der Waals surface area contributed by atoms with E-state index >= 15 is 0 Å². The van der Waals surface area contributed by atoms with Crippen LogP contribution < -0.4 is 9.47 Å². The van der Waals surface area contributed by atoms with E-state index in [0.717, 1.165) is 35.5 Å². The standard InChI is InChI=1S/C20H16FNO2/c21-16-5-3-4-14(12-16)18-9-7-15-13-17(8-10-19(15)24-18)23-20-6-1-2-11-22-20/h1-6,8,10-13,18H,7,9H2. The van der Waals surface area contributed by atoms with Gasteiger partial charge in [0.2, 0.25) is 5.88 Å². The Kier molecular flexibility index (Phi) is 3.87. The molecule has 2 aromatic carbocycles. The van der Waals surface area contributed by atoms with Crippen LogP contribution in [0.5, 0.6) is 17.4 Å². The highest BCUT2D eigenvalue weighted by molar-refractivity contribution is 5.43. The van der Waals surface area contributed by atoms with Crippen LogP contribution in [0.2, 0.25) is 0 Å². The number of rotatable bonds is 3. The fourth-order valence-corrected chi connectivity index (χ4v) is 2.90. The molecular weight excluding hydrogens is 305 g/mol. The number of halogens is 1. The molecule has 0 spiro atoms. The van der Waals surface area contributed by atoms with Crippen molar-refractivity contribution in [2.24, 2.45) is 0 Å². The smallest absolute Gasteiger partial charge is 0.219 e. The lowest BCUT2D eigenvalue weighted by atomic mass is 9.97. The summed E-state index contributed by atoms with van der Waals surface area (Å²) in [5.74, 6) is 1.89. The van der Waals surface area contributed by atoms with E-state index in [-0.39, 0.29) is 11.9 Å². The van der Waals surface area contributed by atoms with Crippen LogP contribution >= 0.6 is 0 Å². The lowest BCUT2D eigenvalue weighted by molar-refractivity contribution is 0.176. The highest BCUT2D eigenvalue weighted by Gasteiger charge is 2.22. The zero-order valence-electron chi connectivity index (χ0n) is 13.0. The van der Waals surface area contributed by atoms with Crippen molar-refractivity contribution in [1.29, 1.82) is 0 Å². The van der Waals surface area contributed by atoms with Gasteiger partial charge in [-0.3, -0.25) is 0 Å². The number of pyridine rings is 1. The Labute approximate surface area is 139 Å². The van der Waals surface area contributed by atoms with Crippen LogP contribution in [-0.2, 0) is 6.42 Å². The Bertz CT molecular complexity index is 851. The third-order valence-electron chi connectivity index (χ3n) is 4.06. The summed E-state index contributed by atoms with van der Waals surface area (Å²) in [6.45, 7) is 0. The van der Waals surface area contributed by atoms with Crippen molar-refractivity contribution in [3.63, 3.8) is 0 Å². The molecule has 1 aromatic heterocycles. The first kappa shape index (κ1) is 14.7. The number of aromatic nitrogens is 1. The van der Waals surface area contributed by atoms with Crippen molar-refractivity contribution >= 4 is 0 Å². The van der Waals surface area contributed by atoms with Gasteiger partial charge >= 0.3 is 0 Å². The van der Waals surface area contributed by atoms with Crippen LogP contribution in [0.4, 0.5) is 4.39 Å². The highest BCUT2D eigenvalue weighted by atomic mass is 19.1. The van der Waals surface area contributed by atoms with E-state index in [9.17, 15) is 4.39 Å². The molecule has 0 N–H and O–H groups in total. The first-order chi connectivity index (χ1) is 11.8. The minimum atomic E-state index is -0.235. The van der Waals surface area contributed by atoms with Gasteiger partial charge in [-0.05, 0) is 60.4 Å². The fourth-order valence-electron chi connectivity index (χ4n) is 2.90. The average molecular weight is 321 g/mol. The minimum Gasteiger partial charge on any atom is -0.485 e. The number of nitrogens with zero attached hydrogens (tertiary/aromatic N) is 1. The molecular formula is C20H16FNO2. The molecule has 1 atom stereocenters. The van der Waals surface area contributed by atoms with Gasteiger partial charge in [-0.25, -0.2) is 9.37 Å². The molecule has 0 radical (unpaired) electrons. The van der Waals surface area contributed by atoms with Crippen LogP contribution in [0.1, 0.15) is 23.7 Å². The van der Waals surface area contributed by atoms with E-state index < -0.39 is 0 Å². The third-order valence-corrected chi connectivity index (χ3v) is 4.06. The molecule has 1 unspecified atom stereocenters. The molecule has 1 aliphatic rings. The van der Waals surface area contributed by atoms with Crippen molar-refractivity contribution in [1.82, 2.24) is 4.98 Å². The van der Waals surface area contributed by atoms with E-state index in [0.29, 0.717) is 5.88 Å². The van der Waals surface area contributed by atoms with Gasteiger partial charge in [0.15, 0.2) is 0 Å². The quantitative estimate of drug-likeness (QED) is 0.674. The summed E-state index contributed by atoms with van der Waals surface area (Å²) in [5, 5.41) is 0. The number of hydrogen-bond acceptors (Lipinski definition) is 3. The zero-order valence-corrected chi connectivity index (χ0v) is 13.0. The van der Waals surface area contributed by atoms with Crippen molar-refractivity contribution in [3.8, 4) is 17.4 Å². The van der Waals surface area contributed by atoms with Crippen LogP contribution in [-0.4, -0.2) is 4.98 Å². The summed E-state index contributed by atoms with van der Waals surface area (Å²) < 4.78 is 25.2. The van der Waals surface area contributed by atoms with Gasteiger partial charge in [0.1, 0.15) is 23.4 Å². The molecule has 1 aliphatic heterocycles. The molecule has 0 fully saturated rings. The molecule has 4 rings (SSSR count). The van der Waals surface area contributed by atoms with Gasteiger partial charge in [-0.15, -0.1) is 0 Å². The van der Waals surface area contributed by atoms with E-state index in [1.54, 1.807) is 12.3 Å². The molecule has 120 valence electrons. The van der Waals surface area contributed by atoms with Gasteiger partial charge < -0.3 is 9.47 Å². The maximum absolute atomic E-state index is 13.4. The molecule has 0 bridgehead atoms. The predicted octanol–water partition coefficient (Wildman–Crippen LogP) is 5.08. The van der Waals surface area contributed by atoms with Gasteiger partial charge in [0, 0.05) is 12.3 Å². The second kappa shape index (κ2) is 6.32. The third kappa shape index (κ3) is 3.08. The second-order valence-electron chi connectivity index (χ2n) is 5.74. The van der Waals surface area contributed by atoms with E-state index in [1.807, 2.05) is 42.5 Å². The number of hydrogen-bond donors (Lipinski definition) is 0. The SMILES string of the molecule is Fc1cccc(C2CCc3cc(Oc4ccccn4)ccc3O2)c1. The van der Waals surface area contributed by atoms with E-state index in [1.165, 1.54) is 12.1 Å². The second-order valence-corrected chi connectivity index (χ2v) is 5.74. The molecule has 0 amide bonds. The fraction of sp³-hybridized carbons (Fsp3) is 0.150. The van der Waals surface area contributed by atoms with Gasteiger partial charge in [-0.1, -0.05) is 18.2 Å². The maximum atomic E-state index is 13.4. The molecule has 0 saturated carbocycles. The van der Waals surface area contributed by atoms with Crippen molar-refractivity contribution < 1.29 is 13.9 Å².